The molecule has 1 atom stereocenters. The second-order valence-electron chi connectivity index (χ2n) is 5.32. The van der Waals surface area contributed by atoms with Gasteiger partial charge in [-0.2, -0.15) is 0 Å². The molecule has 0 aliphatic carbocycles. The number of hydrogen-bond acceptors (Lipinski definition) is 3. The number of carboxylic acids is 1. The van der Waals surface area contributed by atoms with Gasteiger partial charge in [0.05, 0.1) is 5.92 Å². The number of carbonyl (C=O) groups is 2. The lowest BCUT2D eigenvalue weighted by Gasteiger charge is -2.12. The Kier molecular flexibility index (Phi) is 7.54. The Labute approximate surface area is 137 Å². The van der Waals surface area contributed by atoms with Gasteiger partial charge in [0.25, 0.3) is 0 Å². The molecule has 1 aromatic rings. The molecule has 24 heavy (non-hydrogen) atoms. The van der Waals surface area contributed by atoms with Crippen LogP contribution in [0.2, 0.25) is 0 Å². The molecule has 1 rings (SSSR count). The zero-order valence-electron chi connectivity index (χ0n) is 13.2. The van der Waals surface area contributed by atoms with E-state index in [1.54, 1.807) is 0 Å². The maximum atomic E-state index is 12.0. The Morgan fingerprint density at radius 2 is 1.88 bits per heavy atom. The maximum absolute atomic E-state index is 12.0. The van der Waals surface area contributed by atoms with E-state index >= 15 is 0 Å². The number of hydrogen-bond donors (Lipinski definition) is 2. The summed E-state index contributed by atoms with van der Waals surface area (Å²) in [7, 11) is 0. The van der Waals surface area contributed by atoms with Crippen LogP contribution in [0.1, 0.15) is 31.7 Å². The fourth-order valence-electron chi connectivity index (χ4n) is 2.10. The molecule has 1 aromatic carbocycles. The molecular formula is C16H20F3NO4. The first kappa shape index (κ1) is 19.8. The van der Waals surface area contributed by atoms with Gasteiger partial charge in [-0.3, -0.25) is 9.59 Å². The van der Waals surface area contributed by atoms with E-state index in [0.717, 1.165) is 0 Å². The van der Waals surface area contributed by atoms with Crippen molar-refractivity contribution in [3.63, 3.8) is 0 Å². The molecule has 0 aliphatic heterocycles. The van der Waals surface area contributed by atoms with Crippen LogP contribution in [0.15, 0.2) is 24.3 Å². The standard InChI is InChI=1S/C16H20F3NO4/c1-2-3-12(15(22)23)10-20-14(21)9-6-11-4-7-13(8-5-11)24-16(17,18)19/h4-5,7-8,12H,2-3,6,9-10H2,1H3,(H,20,21)(H,22,23). The first-order chi connectivity index (χ1) is 11.2. The van der Waals surface area contributed by atoms with Gasteiger partial charge < -0.3 is 15.2 Å². The average Bonchev–Trinajstić information content (AvgIpc) is 2.49. The number of alkyl halides is 3. The van der Waals surface area contributed by atoms with Crippen LogP contribution in [-0.2, 0) is 16.0 Å². The third-order valence-corrected chi connectivity index (χ3v) is 3.33. The van der Waals surface area contributed by atoms with Gasteiger partial charge in [0.1, 0.15) is 5.75 Å². The number of ether oxygens (including phenoxy) is 1. The molecule has 0 radical (unpaired) electrons. The van der Waals surface area contributed by atoms with E-state index in [0.29, 0.717) is 24.8 Å². The number of aryl methyl sites for hydroxylation is 1. The first-order valence-corrected chi connectivity index (χ1v) is 7.55. The Morgan fingerprint density at radius 1 is 1.25 bits per heavy atom. The van der Waals surface area contributed by atoms with Gasteiger partial charge in [-0.15, -0.1) is 13.2 Å². The molecule has 0 saturated heterocycles. The minimum Gasteiger partial charge on any atom is -0.481 e. The fourth-order valence-corrected chi connectivity index (χ4v) is 2.10. The average molecular weight is 347 g/mol. The van der Waals surface area contributed by atoms with Gasteiger partial charge in [-0.05, 0) is 30.5 Å². The van der Waals surface area contributed by atoms with E-state index in [2.05, 4.69) is 10.1 Å². The predicted molar refractivity (Wildman–Crippen MR) is 80.5 cm³/mol. The van der Waals surface area contributed by atoms with E-state index in [1.165, 1.54) is 24.3 Å². The molecule has 1 amide bonds. The van der Waals surface area contributed by atoms with Crippen LogP contribution in [-0.4, -0.2) is 29.9 Å². The number of carboxylic acid groups (broad SMARTS) is 1. The summed E-state index contributed by atoms with van der Waals surface area (Å²) in [5.74, 6) is -2.18. The molecule has 0 fully saturated rings. The third-order valence-electron chi connectivity index (χ3n) is 3.33. The SMILES string of the molecule is CCCC(CNC(=O)CCc1ccc(OC(F)(F)F)cc1)C(=O)O. The minimum absolute atomic E-state index is 0.0698. The van der Waals surface area contributed by atoms with Crippen molar-refractivity contribution < 1.29 is 32.6 Å². The lowest BCUT2D eigenvalue weighted by molar-refractivity contribution is -0.274. The summed E-state index contributed by atoms with van der Waals surface area (Å²) >= 11 is 0. The first-order valence-electron chi connectivity index (χ1n) is 7.55. The van der Waals surface area contributed by atoms with Crippen LogP contribution in [0.3, 0.4) is 0 Å². The largest absolute Gasteiger partial charge is 0.573 e. The van der Waals surface area contributed by atoms with Crippen molar-refractivity contribution in [1.82, 2.24) is 5.32 Å². The normalized spacial score (nSPS) is 12.5. The van der Waals surface area contributed by atoms with Crippen LogP contribution < -0.4 is 10.1 Å². The van der Waals surface area contributed by atoms with E-state index < -0.39 is 18.2 Å². The smallest absolute Gasteiger partial charge is 0.481 e. The number of carbonyl (C=O) groups excluding carboxylic acids is 1. The molecule has 134 valence electrons. The summed E-state index contributed by atoms with van der Waals surface area (Å²) < 4.78 is 39.9. The maximum Gasteiger partial charge on any atom is 0.573 e. The van der Waals surface area contributed by atoms with Crippen molar-refractivity contribution in [2.75, 3.05) is 6.54 Å². The van der Waals surface area contributed by atoms with Crippen molar-refractivity contribution in [3.05, 3.63) is 29.8 Å². The molecule has 5 nitrogen and oxygen atoms in total. The number of amides is 1. The van der Waals surface area contributed by atoms with Crippen molar-refractivity contribution in [3.8, 4) is 5.75 Å². The molecule has 2 N–H and O–H groups in total. The Morgan fingerprint density at radius 3 is 2.38 bits per heavy atom. The monoisotopic (exact) mass is 347 g/mol. The van der Waals surface area contributed by atoms with Gasteiger partial charge in [-0.25, -0.2) is 0 Å². The Balaban J connectivity index is 2.40. The number of aliphatic carboxylic acids is 1. The fraction of sp³-hybridized carbons (Fsp3) is 0.500. The minimum atomic E-state index is -4.74. The lowest BCUT2D eigenvalue weighted by atomic mass is 10.0. The van der Waals surface area contributed by atoms with Crippen LogP contribution >= 0.6 is 0 Å². The third kappa shape index (κ3) is 7.85. The number of nitrogens with one attached hydrogen (secondary N) is 1. The number of rotatable bonds is 9. The van der Waals surface area contributed by atoms with E-state index in [9.17, 15) is 22.8 Å². The van der Waals surface area contributed by atoms with Crippen LogP contribution in [0.4, 0.5) is 13.2 Å². The predicted octanol–water partition coefficient (Wildman–Crippen LogP) is 3.13. The summed E-state index contributed by atoms with van der Waals surface area (Å²) in [6.07, 6.45) is -3.09. The molecule has 1 unspecified atom stereocenters. The van der Waals surface area contributed by atoms with E-state index in [-0.39, 0.29) is 24.6 Å². The van der Waals surface area contributed by atoms with Crippen LogP contribution in [0.25, 0.3) is 0 Å². The molecule has 0 bridgehead atoms. The summed E-state index contributed by atoms with van der Waals surface area (Å²) in [5.41, 5.74) is 0.683. The molecule has 0 aromatic heterocycles. The van der Waals surface area contributed by atoms with Crippen molar-refractivity contribution in [2.24, 2.45) is 5.92 Å². The van der Waals surface area contributed by atoms with Crippen molar-refractivity contribution in [1.29, 1.82) is 0 Å². The van der Waals surface area contributed by atoms with Crippen molar-refractivity contribution >= 4 is 11.9 Å². The van der Waals surface area contributed by atoms with E-state index in [1.807, 2.05) is 6.92 Å². The zero-order chi connectivity index (χ0) is 18.2. The van der Waals surface area contributed by atoms with Gasteiger partial charge in [0, 0.05) is 13.0 Å². The quantitative estimate of drug-likeness (QED) is 0.720. The van der Waals surface area contributed by atoms with Gasteiger partial charge in [0.15, 0.2) is 0 Å². The Bertz CT molecular complexity index is 543. The molecule has 8 heteroatoms. The van der Waals surface area contributed by atoms with Crippen LogP contribution in [0, 0.1) is 5.92 Å². The highest BCUT2D eigenvalue weighted by molar-refractivity contribution is 5.77. The second kappa shape index (κ2) is 9.14. The van der Waals surface area contributed by atoms with Gasteiger partial charge >= 0.3 is 12.3 Å². The topological polar surface area (TPSA) is 75.6 Å². The number of halogens is 3. The molecular weight excluding hydrogens is 327 g/mol. The highest BCUT2D eigenvalue weighted by Gasteiger charge is 2.30. The summed E-state index contributed by atoms with van der Waals surface area (Å²) in [6.45, 7) is 1.93. The summed E-state index contributed by atoms with van der Waals surface area (Å²) in [5, 5.41) is 11.6. The van der Waals surface area contributed by atoms with Crippen molar-refractivity contribution in [2.45, 2.75) is 39.0 Å². The Hall–Kier alpha value is -2.25. The zero-order valence-corrected chi connectivity index (χ0v) is 13.2. The molecule has 0 saturated carbocycles. The molecule has 0 spiro atoms. The second-order valence-corrected chi connectivity index (χ2v) is 5.32. The lowest BCUT2D eigenvalue weighted by Crippen LogP contribution is -2.33. The highest BCUT2D eigenvalue weighted by Crippen LogP contribution is 2.23. The number of benzene rings is 1. The summed E-state index contributed by atoms with van der Waals surface area (Å²) in [4.78, 5) is 22.7. The van der Waals surface area contributed by atoms with Gasteiger partial charge in [-0.1, -0.05) is 25.5 Å². The summed E-state index contributed by atoms with van der Waals surface area (Å²) in [6, 6.07) is 5.27. The van der Waals surface area contributed by atoms with Crippen LogP contribution in [0.5, 0.6) is 5.75 Å². The molecule has 0 heterocycles. The molecule has 0 aliphatic rings. The van der Waals surface area contributed by atoms with E-state index in [4.69, 9.17) is 5.11 Å². The van der Waals surface area contributed by atoms with Gasteiger partial charge in [0.2, 0.25) is 5.91 Å². The highest BCUT2D eigenvalue weighted by atomic mass is 19.4.